The van der Waals surface area contributed by atoms with Crippen molar-refractivity contribution in [2.24, 2.45) is 11.8 Å². The van der Waals surface area contributed by atoms with E-state index in [1.54, 1.807) is 12.1 Å². The fraction of sp³-hybridized carbons (Fsp3) is 0.375. The number of benzene rings is 1. The molecule has 20 heavy (non-hydrogen) atoms. The minimum Gasteiger partial charge on any atom is -0.478 e. The van der Waals surface area contributed by atoms with Crippen LogP contribution in [0.1, 0.15) is 34.8 Å². The van der Waals surface area contributed by atoms with E-state index in [1.165, 1.54) is 12.5 Å². The van der Waals surface area contributed by atoms with Gasteiger partial charge in [0.15, 0.2) is 0 Å². The zero-order valence-electron chi connectivity index (χ0n) is 11.7. The Hall–Kier alpha value is -2.10. The van der Waals surface area contributed by atoms with Crippen LogP contribution in [0.2, 0.25) is 0 Å². The number of amides is 1. The number of carboxylic acids is 1. The Balaban J connectivity index is 2.06. The number of carbonyl (C=O) groups excluding carboxylic acids is 1. The number of rotatable bonds is 5. The Bertz CT molecular complexity index is 563. The Labute approximate surface area is 118 Å². The number of aliphatic carboxylic acids is 1. The predicted octanol–water partition coefficient (Wildman–Crippen LogP) is 2.48. The van der Waals surface area contributed by atoms with Crippen LogP contribution in [0.5, 0.6) is 0 Å². The summed E-state index contributed by atoms with van der Waals surface area (Å²) >= 11 is 0. The molecule has 0 spiro atoms. The minimum absolute atomic E-state index is 0.0906. The van der Waals surface area contributed by atoms with Crippen LogP contribution in [0.3, 0.4) is 0 Å². The van der Waals surface area contributed by atoms with Gasteiger partial charge in [0, 0.05) is 18.2 Å². The third kappa shape index (κ3) is 3.70. The van der Waals surface area contributed by atoms with Crippen LogP contribution in [0.25, 0.3) is 6.08 Å². The zero-order chi connectivity index (χ0) is 14.7. The first-order valence-corrected chi connectivity index (χ1v) is 6.77. The molecule has 0 heterocycles. The van der Waals surface area contributed by atoms with E-state index < -0.39 is 5.97 Å². The SMILES string of the molecule is Cc1ccc(/C=C/C(=O)O)cc1C(=O)NCC1CC1C. The lowest BCUT2D eigenvalue weighted by atomic mass is 10.0. The monoisotopic (exact) mass is 273 g/mol. The van der Waals surface area contributed by atoms with Crippen molar-refractivity contribution >= 4 is 18.0 Å². The second-order valence-electron chi connectivity index (χ2n) is 5.43. The highest BCUT2D eigenvalue weighted by Crippen LogP contribution is 2.36. The molecule has 0 radical (unpaired) electrons. The quantitative estimate of drug-likeness (QED) is 0.810. The summed E-state index contributed by atoms with van der Waals surface area (Å²) in [6.45, 7) is 4.77. The molecular formula is C16H19NO3. The summed E-state index contributed by atoms with van der Waals surface area (Å²) < 4.78 is 0. The molecule has 4 heteroatoms. The Morgan fingerprint density at radius 2 is 2.15 bits per heavy atom. The van der Waals surface area contributed by atoms with Crippen LogP contribution in [-0.4, -0.2) is 23.5 Å². The van der Waals surface area contributed by atoms with Gasteiger partial charge in [-0.3, -0.25) is 4.79 Å². The Kier molecular flexibility index (Phi) is 4.23. The normalized spacial score (nSPS) is 20.9. The van der Waals surface area contributed by atoms with Crippen molar-refractivity contribution in [3.63, 3.8) is 0 Å². The van der Waals surface area contributed by atoms with Crippen LogP contribution in [0.15, 0.2) is 24.3 Å². The molecular weight excluding hydrogens is 254 g/mol. The Morgan fingerprint density at radius 3 is 2.75 bits per heavy atom. The predicted molar refractivity (Wildman–Crippen MR) is 77.5 cm³/mol. The maximum Gasteiger partial charge on any atom is 0.328 e. The highest BCUT2D eigenvalue weighted by Gasteiger charge is 2.32. The topological polar surface area (TPSA) is 66.4 Å². The van der Waals surface area contributed by atoms with Crippen molar-refractivity contribution in [2.75, 3.05) is 6.54 Å². The highest BCUT2D eigenvalue weighted by molar-refractivity contribution is 5.96. The van der Waals surface area contributed by atoms with Gasteiger partial charge in [0.1, 0.15) is 0 Å². The lowest BCUT2D eigenvalue weighted by Crippen LogP contribution is -2.26. The molecule has 0 bridgehead atoms. The van der Waals surface area contributed by atoms with Gasteiger partial charge in [-0.05, 0) is 48.4 Å². The minimum atomic E-state index is -1.00. The number of hydrogen-bond acceptors (Lipinski definition) is 2. The number of aryl methyl sites for hydroxylation is 1. The van der Waals surface area contributed by atoms with Gasteiger partial charge in [-0.1, -0.05) is 19.1 Å². The van der Waals surface area contributed by atoms with E-state index in [0.29, 0.717) is 29.5 Å². The van der Waals surface area contributed by atoms with Crippen molar-refractivity contribution in [2.45, 2.75) is 20.3 Å². The van der Waals surface area contributed by atoms with E-state index in [9.17, 15) is 9.59 Å². The number of carboxylic acid groups (broad SMARTS) is 1. The summed E-state index contributed by atoms with van der Waals surface area (Å²) in [4.78, 5) is 22.7. The van der Waals surface area contributed by atoms with Crippen molar-refractivity contribution in [3.8, 4) is 0 Å². The number of nitrogens with one attached hydrogen (secondary N) is 1. The van der Waals surface area contributed by atoms with Gasteiger partial charge in [0.2, 0.25) is 0 Å². The average molecular weight is 273 g/mol. The van der Waals surface area contributed by atoms with Crippen molar-refractivity contribution in [3.05, 3.63) is 41.0 Å². The summed E-state index contributed by atoms with van der Waals surface area (Å²) in [5.41, 5.74) is 2.20. The molecule has 1 saturated carbocycles. The largest absolute Gasteiger partial charge is 0.478 e. The molecule has 1 fully saturated rings. The van der Waals surface area contributed by atoms with Crippen LogP contribution in [0.4, 0.5) is 0 Å². The molecule has 2 unspecified atom stereocenters. The second-order valence-corrected chi connectivity index (χ2v) is 5.43. The molecule has 0 saturated heterocycles. The fourth-order valence-electron chi connectivity index (χ4n) is 2.16. The second kappa shape index (κ2) is 5.90. The van der Waals surface area contributed by atoms with E-state index in [0.717, 1.165) is 11.6 Å². The molecule has 1 aromatic rings. The van der Waals surface area contributed by atoms with E-state index in [-0.39, 0.29) is 5.91 Å². The van der Waals surface area contributed by atoms with Crippen molar-refractivity contribution in [1.82, 2.24) is 5.32 Å². The molecule has 1 amide bonds. The standard InChI is InChI=1S/C16H19NO3/c1-10-3-4-12(5-6-15(18)19)8-14(10)16(20)17-9-13-7-11(13)2/h3-6,8,11,13H,7,9H2,1-2H3,(H,17,20)(H,18,19)/b6-5+. The van der Waals surface area contributed by atoms with Gasteiger partial charge < -0.3 is 10.4 Å². The summed E-state index contributed by atoms with van der Waals surface area (Å²) in [6, 6.07) is 5.35. The molecule has 0 aliphatic heterocycles. The summed E-state index contributed by atoms with van der Waals surface area (Å²) in [6.07, 6.45) is 3.74. The maximum absolute atomic E-state index is 12.1. The molecule has 2 N–H and O–H groups in total. The van der Waals surface area contributed by atoms with Gasteiger partial charge in [-0.25, -0.2) is 4.79 Å². The molecule has 1 aromatic carbocycles. The van der Waals surface area contributed by atoms with Gasteiger partial charge in [0.25, 0.3) is 5.91 Å². The van der Waals surface area contributed by atoms with Crippen LogP contribution in [-0.2, 0) is 4.79 Å². The van der Waals surface area contributed by atoms with Gasteiger partial charge in [-0.2, -0.15) is 0 Å². The highest BCUT2D eigenvalue weighted by atomic mass is 16.4. The van der Waals surface area contributed by atoms with Gasteiger partial charge in [-0.15, -0.1) is 0 Å². The number of hydrogen-bond donors (Lipinski definition) is 2. The molecule has 1 aliphatic carbocycles. The smallest absolute Gasteiger partial charge is 0.328 e. The number of carbonyl (C=O) groups is 2. The molecule has 1 aliphatic rings. The zero-order valence-corrected chi connectivity index (χ0v) is 11.7. The van der Waals surface area contributed by atoms with Gasteiger partial charge in [0.05, 0.1) is 0 Å². The first kappa shape index (κ1) is 14.3. The third-order valence-electron chi connectivity index (χ3n) is 3.73. The van der Waals surface area contributed by atoms with Crippen LogP contribution >= 0.6 is 0 Å². The van der Waals surface area contributed by atoms with E-state index in [1.807, 2.05) is 13.0 Å². The van der Waals surface area contributed by atoms with Crippen molar-refractivity contribution < 1.29 is 14.7 Å². The molecule has 0 aromatic heterocycles. The first-order valence-electron chi connectivity index (χ1n) is 6.77. The van der Waals surface area contributed by atoms with Crippen molar-refractivity contribution in [1.29, 1.82) is 0 Å². The maximum atomic E-state index is 12.1. The van der Waals surface area contributed by atoms with E-state index >= 15 is 0 Å². The molecule has 4 nitrogen and oxygen atoms in total. The van der Waals surface area contributed by atoms with Crippen LogP contribution in [0, 0.1) is 18.8 Å². The molecule has 2 rings (SSSR count). The van der Waals surface area contributed by atoms with E-state index in [2.05, 4.69) is 12.2 Å². The van der Waals surface area contributed by atoms with Gasteiger partial charge >= 0.3 is 5.97 Å². The van der Waals surface area contributed by atoms with Crippen LogP contribution < -0.4 is 5.32 Å². The first-order chi connectivity index (χ1) is 9.47. The summed E-state index contributed by atoms with van der Waals surface area (Å²) in [7, 11) is 0. The average Bonchev–Trinajstić information content (AvgIpc) is 3.11. The third-order valence-corrected chi connectivity index (χ3v) is 3.73. The molecule has 2 atom stereocenters. The van der Waals surface area contributed by atoms with E-state index in [4.69, 9.17) is 5.11 Å². The summed E-state index contributed by atoms with van der Waals surface area (Å²) in [5.74, 6) is 0.224. The lowest BCUT2D eigenvalue weighted by molar-refractivity contribution is -0.131. The fourth-order valence-corrected chi connectivity index (χ4v) is 2.16. The lowest BCUT2D eigenvalue weighted by Gasteiger charge is -2.08. The molecule has 106 valence electrons. The summed E-state index contributed by atoms with van der Waals surface area (Å²) in [5, 5.41) is 11.6. The Morgan fingerprint density at radius 1 is 1.45 bits per heavy atom.